The third-order valence-corrected chi connectivity index (χ3v) is 2.61. The summed E-state index contributed by atoms with van der Waals surface area (Å²) >= 11 is 13.0. The highest BCUT2D eigenvalue weighted by Gasteiger charge is 2.02. The van der Waals surface area contributed by atoms with Gasteiger partial charge in [-0.2, -0.15) is 0 Å². The fourth-order valence-corrected chi connectivity index (χ4v) is 1.55. The van der Waals surface area contributed by atoms with Crippen molar-refractivity contribution in [3.63, 3.8) is 0 Å². The van der Waals surface area contributed by atoms with Crippen LogP contribution in [0.2, 0.25) is 10.0 Å². The van der Waals surface area contributed by atoms with Gasteiger partial charge in [-0.05, 0) is 12.3 Å². The fourth-order valence-electron chi connectivity index (χ4n) is 0.545. The van der Waals surface area contributed by atoms with Crippen LogP contribution in [0.25, 0.3) is 0 Å². The van der Waals surface area contributed by atoms with Gasteiger partial charge in [0.1, 0.15) is 5.03 Å². The highest BCUT2D eigenvalue weighted by atomic mass is 35.5. The Hall–Kier alpha value is 0.0800. The van der Waals surface area contributed by atoms with Crippen LogP contribution in [0, 0.1) is 0 Å². The zero-order chi connectivity index (χ0) is 7.56. The van der Waals surface area contributed by atoms with Crippen molar-refractivity contribution >= 4 is 35.0 Å². The second-order valence-electron chi connectivity index (χ2n) is 1.62. The molecule has 0 spiro atoms. The molecule has 1 aromatic rings. The van der Waals surface area contributed by atoms with Crippen LogP contribution in [0.15, 0.2) is 17.3 Å². The minimum absolute atomic E-state index is 0.539. The molecular weight excluding hydrogens is 189 g/mol. The highest BCUT2D eigenvalue weighted by molar-refractivity contribution is 7.98. The van der Waals surface area contributed by atoms with Crippen molar-refractivity contribution in [3.8, 4) is 0 Å². The van der Waals surface area contributed by atoms with Gasteiger partial charge in [-0.1, -0.05) is 23.2 Å². The molecule has 0 unspecified atom stereocenters. The van der Waals surface area contributed by atoms with Crippen molar-refractivity contribution in [1.29, 1.82) is 0 Å². The summed E-state index contributed by atoms with van der Waals surface area (Å²) in [5, 5.41) is 1.87. The van der Waals surface area contributed by atoms with E-state index in [1.54, 1.807) is 12.3 Å². The lowest BCUT2D eigenvalue weighted by Crippen LogP contribution is -1.79. The highest BCUT2D eigenvalue weighted by Crippen LogP contribution is 2.28. The Morgan fingerprint density at radius 2 is 2.20 bits per heavy atom. The Morgan fingerprint density at radius 3 is 2.70 bits per heavy atom. The zero-order valence-electron chi connectivity index (χ0n) is 5.27. The lowest BCUT2D eigenvalue weighted by atomic mass is 10.5. The normalized spacial score (nSPS) is 9.90. The molecule has 0 N–H and O–H groups in total. The minimum Gasteiger partial charge on any atom is -0.248 e. The molecule has 1 heterocycles. The summed E-state index contributed by atoms with van der Waals surface area (Å²) in [5.74, 6) is 0. The molecular formula is C6H5Cl2NS. The average molecular weight is 194 g/mol. The van der Waals surface area contributed by atoms with Crippen molar-refractivity contribution < 1.29 is 0 Å². The van der Waals surface area contributed by atoms with Gasteiger partial charge in [-0.15, -0.1) is 11.8 Å². The summed E-state index contributed by atoms with van der Waals surface area (Å²) < 4.78 is 0. The van der Waals surface area contributed by atoms with Crippen LogP contribution in [0.4, 0.5) is 0 Å². The second kappa shape index (κ2) is 3.46. The number of rotatable bonds is 1. The smallest absolute Gasteiger partial charge is 0.116 e. The third kappa shape index (κ3) is 1.57. The van der Waals surface area contributed by atoms with Crippen LogP contribution in [-0.2, 0) is 0 Å². The SMILES string of the molecule is CSc1nccc(Cl)c1Cl. The van der Waals surface area contributed by atoms with Crippen molar-refractivity contribution in [2.45, 2.75) is 5.03 Å². The maximum Gasteiger partial charge on any atom is 0.116 e. The van der Waals surface area contributed by atoms with E-state index in [1.807, 2.05) is 6.26 Å². The summed E-state index contributed by atoms with van der Waals surface area (Å²) in [4.78, 5) is 4.00. The van der Waals surface area contributed by atoms with E-state index >= 15 is 0 Å². The van der Waals surface area contributed by atoms with Crippen molar-refractivity contribution in [2.24, 2.45) is 0 Å². The molecule has 4 heteroatoms. The van der Waals surface area contributed by atoms with Gasteiger partial charge in [-0.3, -0.25) is 0 Å². The van der Waals surface area contributed by atoms with Gasteiger partial charge in [0.15, 0.2) is 0 Å². The Balaban J connectivity index is 3.14. The zero-order valence-corrected chi connectivity index (χ0v) is 7.59. The lowest BCUT2D eigenvalue weighted by Gasteiger charge is -1.98. The lowest BCUT2D eigenvalue weighted by molar-refractivity contribution is 1.14. The number of hydrogen-bond acceptors (Lipinski definition) is 2. The number of nitrogens with zero attached hydrogens (tertiary/aromatic N) is 1. The van der Waals surface area contributed by atoms with E-state index < -0.39 is 0 Å². The fraction of sp³-hybridized carbons (Fsp3) is 0.167. The summed E-state index contributed by atoms with van der Waals surface area (Å²) in [7, 11) is 0. The van der Waals surface area contributed by atoms with Gasteiger partial charge in [0.2, 0.25) is 0 Å². The number of halogens is 2. The molecule has 1 rings (SSSR count). The predicted octanol–water partition coefficient (Wildman–Crippen LogP) is 3.11. The Morgan fingerprint density at radius 1 is 1.50 bits per heavy atom. The van der Waals surface area contributed by atoms with Crippen LogP contribution < -0.4 is 0 Å². The molecule has 1 aromatic heterocycles. The van der Waals surface area contributed by atoms with Gasteiger partial charge >= 0.3 is 0 Å². The monoisotopic (exact) mass is 193 g/mol. The molecule has 0 aromatic carbocycles. The van der Waals surface area contributed by atoms with Gasteiger partial charge < -0.3 is 0 Å². The van der Waals surface area contributed by atoms with Gasteiger partial charge in [-0.25, -0.2) is 4.98 Å². The first-order chi connectivity index (χ1) is 4.75. The Labute approximate surface area is 73.7 Å². The molecule has 0 saturated heterocycles. The standard InChI is InChI=1S/C6H5Cl2NS/c1-10-6-5(8)4(7)2-3-9-6/h2-3H,1H3. The molecule has 1 nitrogen and oxygen atoms in total. The topological polar surface area (TPSA) is 12.9 Å². The largest absolute Gasteiger partial charge is 0.248 e. The van der Waals surface area contributed by atoms with E-state index in [-0.39, 0.29) is 0 Å². The van der Waals surface area contributed by atoms with Crippen LogP contribution >= 0.6 is 35.0 Å². The van der Waals surface area contributed by atoms with E-state index in [4.69, 9.17) is 23.2 Å². The molecule has 0 aliphatic rings. The molecule has 54 valence electrons. The molecule has 0 atom stereocenters. The summed E-state index contributed by atoms with van der Waals surface area (Å²) in [6, 6.07) is 1.67. The molecule has 0 radical (unpaired) electrons. The summed E-state index contributed by atoms with van der Waals surface area (Å²) in [6.45, 7) is 0. The van der Waals surface area contributed by atoms with E-state index in [9.17, 15) is 0 Å². The Kier molecular flexibility index (Phi) is 2.83. The molecule has 0 aliphatic heterocycles. The van der Waals surface area contributed by atoms with Crippen molar-refractivity contribution in [2.75, 3.05) is 6.26 Å². The van der Waals surface area contributed by atoms with Crippen LogP contribution in [-0.4, -0.2) is 11.2 Å². The van der Waals surface area contributed by atoms with E-state index in [0.717, 1.165) is 5.03 Å². The molecule has 0 saturated carbocycles. The first kappa shape index (κ1) is 8.18. The minimum atomic E-state index is 0.539. The maximum absolute atomic E-state index is 5.78. The summed E-state index contributed by atoms with van der Waals surface area (Å²) in [6.07, 6.45) is 3.55. The molecule has 0 aliphatic carbocycles. The second-order valence-corrected chi connectivity index (χ2v) is 3.20. The summed E-state index contributed by atoms with van der Waals surface area (Å²) in [5.41, 5.74) is 0. The van der Waals surface area contributed by atoms with Crippen LogP contribution in [0.3, 0.4) is 0 Å². The molecule has 0 fully saturated rings. The third-order valence-electron chi connectivity index (χ3n) is 1.00. The van der Waals surface area contributed by atoms with Gasteiger partial charge in [0, 0.05) is 6.20 Å². The van der Waals surface area contributed by atoms with Crippen LogP contribution in [0.1, 0.15) is 0 Å². The van der Waals surface area contributed by atoms with E-state index in [2.05, 4.69) is 4.98 Å². The number of aromatic nitrogens is 1. The van der Waals surface area contributed by atoms with E-state index in [1.165, 1.54) is 11.8 Å². The predicted molar refractivity (Wildman–Crippen MR) is 46.0 cm³/mol. The molecule has 0 amide bonds. The first-order valence-corrected chi connectivity index (χ1v) is 4.57. The first-order valence-electron chi connectivity index (χ1n) is 2.59. The average Bonchev–Trinajstić information content (AvgIpc) is 1.95. The van der Waals surface area contributed by atoms with Gasteiger partial charge in [0.05, 0.1) is 10.0 Å². The maximum atomic E-state index is 5.78. The van der Waals surface area contributed by atoms with Crippen LogP contribution in [0.5, 0.6) is 0 Å². The quantitative estimate of drug-likeness (QED) is 0.637. The molecule has 10 heavy (non-hydrogen) atoms. The number of pyridine rings is 1. The van der Waals surface area contributed by atoms with E-state index in [0.29, 0.717) is 10.0 Å². The van der Waals surface area contributed by atoms with Crippen molar-refractivity contribution in [3.05, 3.63) is 22.3 Å². The molecule has 0 bridgehead atoms. The Bertz CT molecular complexity index is 239. The van der Waals surface area contributed by atoms with Crippen molar-refractivity contribution in [1.82, 2.24) is 4.98 Å². The number of thioether (sulfide) groups is 1. The van der Waals surface area contributed by atoms with Gasteiger partial charge in [0.25, 0.3) is 0 Å². The number of hydrogen-bond donors (Lipinski definition) is 0.